The first-order chi connectivity index (χ1) is 15.7. The number of unbranched alkanes of at least 4 members (excludes halogenated alkanes) is 5. The van der Waals surface area contributed by atoms with Gasteiger partial charge in [-0.15, -0.1) is 0 Å². The molecule has 1 saturated carbocycles. The van der Waals surface area contributed by atoms with Gasteiger partial charge in [-0.1, -0.05) is 102 Å². The van der Waals surface area contributed by atoms with Crippen molar-refractivity contribution in [3.8, 4) is 5.75 Å². The fourth-order valence-corrected chi connectivity index (χ4v) is 5.29. The zero-order valence-electron chi connectivity index (χ0n) is 20.3. The Morgan fingerprint density at radius 3 is 2.09 bits per heavy atom. The van der Waals surface area contributed by atoms with Gasteiger partial charge in [-0.3, -0.25) is 0 Å². The molecule has 0 bridgehead atoms. The number of rotatable bonds is 12. The molecule has 0 aliphatic heterocycles. The molecular weight excluding hydrogens is 392 g/mol. The van der Waals surface area contributed by atoms with Gasteiger partial charge in [-0.25, -0.2) is 4.79 Å². The molecule has 2 nitrogen and oxygen atoms in total. The molecule has 2 aromatic carbocycles. The summed E-state index contributed by atoms with van der Waals surface area (Å²) >= 11 is 0. The fourth-order valence-electron chi connectivity index (χ4n) is 5.29. The topological polar surface area (TPSA) is 26.3 Å². The minimum Gasteiger partial charge on any atom is -0.423 e. The quantitative estimate of drug-likeness (QED) is 0.189. The third-order valence-electron chi connectivity index (χ3n) is 7.23. The molecule has 0 amide bonds. The summed E-state index contributed by atoms with van der Waals surface area (Å²) in [5.74, 6) is 0.363. The maximum absolute atomic E-state index is 12.6. The van der Waals surface area contributed by atoms with E-state index in [-0.39, 0.29) is 5.97 Å². The average Bonchev–Trinajstić information content (AvgIpc) is 2.83. The highest BCUT2D eigenvalue weighted by molar-refractivity contribution is 5.91. The van der Waals surface area contributed by atoms with Crippen LogP contribution in [0.25, 0.3) is 0 Å². The molecule has 0 spiro atoms. The van der Waals surface area contributed by atoms with E-state index in [4.69, 9.17) is 4.74 Å². The Bertz CT molecular complexity index is 798. The largest absolute Gasteiger partial charge is 0.423 e. The first kappa shape index (κ1) is 24.6. The summed E-state index contributed by atoms with van der Waals surface area (Å²) in [6.45, 7) is 4.44. The summed E-state index contributed by atoms with van der Waals surface area (Å²) in [4.78, 5) is 12.6. The van der Waals surface area contributed by atoms with E-state index >= 15 is 0 Å². The van der Waals surface area contributed by atoms with Gasteiger partial charge >= 0.3 is 5.97 Å². The van der Waals surface area contributed by atoms with Crippen molar-refractivity contribution in [2.24, 2.45) is 0 Å². The molecule has 174 valence electrons. The molecule has 0 saturated heterocycles. The van der Waals surface area contributed by atoms with Crippen LogP contribution >= 0.6 is 0 Å². The van der Waals surface area contributed by atoms with Crippen LogP contribution in [0.2, 0.25) is 0 Å². The van der Waals surface area contributed by atoms with Crippen molar-refractivity contribution in [1.29, 1.82) is 0 Å². The van der Waals surface area contributed by atoms with Gasteiger partial charge in [0.25, 0.3) is 0 Å². The Labute approximate surface area is 195 Å². The molecule has 1 aliphatic rings. The number of carbonyl (C=O) groups excluding carboxylic acids is 1. The van der Waals surface area contributed by atoms with E-state index in [1.54, 1.807) is 0 Å². The Morgan fingerprint density at radius 1 is 0.781 bits per heavy atom. The van der Waals surface area contributed by atoms with Crippen LogP contribution in [-0.4, -0.2) is 5.97 Å². The summed E-state index contributed by atoms with van der Waals surface area (Å²) in [6.07, 6.45) is 18.2. The lowest BCUT2D eigenvalue weighted by molar-refractivity contribution is 0.0734. The number of hydrogen-bond acceptors (Lipinski definition) is 2. The Morgan fingerprint density at radius 2 is 1.44 bits per heavy atom. The monoisotopic (exact) mass is 434 g/mol. The molecule has 0 N–H and O–H groups in total. The van der Waals surface area contributed by atoms with Gasteiger partial charge in [0.2, 0.25) is 0 Å². The van der Waals surface area contributed by atoms with E-state index in [1.165, 1.54) is 88.2 Å². The number of carbonyl (C=O) groups is 1. The maximum Gasteiger partial charge on any atom is 0.343 e. The summed E-state index contributed by atoms with van der Waals surface area (Å²) in [5.41, 5.74) is 3.63. The van der Waals surface area contributed by atoms with Crippen molar-refractivity contribution in [1.82, 2.24) is 0 Å². The highest BCUT2D eigenvalue weighted by Gasteiger charge is 2.33. The number of benzene rings is 2. The smallest absolute Gasteiger partial charge is 0.343 e. The molecule has 1 fully saturated rings. The molecule has 0 atom stereocenters. The lowest BCUT2D eigenvalue weighted by atomic mass is 9.66. The summed E-state index contributed by atoms with van der Waals surface area (Å²) in [7, 11) is 0. The zero-order valence-corrected chi connectivity index (χ0v) is 20.3. The predicted molar refractivity (Wildman–Crippen MR) is 135 cm³/mol. The van der Waals surface area contributed by atoms with Crippen molar-refractivity contribution in [2.75, 3.05) is 0 Å². The molecule has 0 aromatic heterocycles. The van der Waals surface area contributed by atoms with E-state index in [1.807, 2.05) is 36.4 Å². The van der Waals surface area contributed by atoms with Crippen molar-refractivity contribution >= 4 is 5.97 Å². The van der Waals surface area contributed by atoms with Crippen molar-refractivity contribution in [3.63, 3.8) is 0 Å². The minimum atomic E-state index is -0.278. The second kappa shape index (κ2) is 12.8. The molecule has 0 heterocycles. The van der Waals surface area contributed by atoms with Gasteiger partial charge < -0.3 is 4.74 Å². The van der Waals surface area contributed by atoms with Crippen molar-refractivity contribution < 1.29 is 9.53 Å². The third kappa shape index (κ3) is 6.95. The Balaban J connectivity index is 1.60. The number of ether oxygens (including phenoxy) is 1. The first-order valence-electron chi connectivity index (χ1n) is 13.1. The molecule has 1 aliphatic carbocycles. The molecular formula is C30H42O2. The number of aryl methyl sites for hydroxylation is 1. The van der Waals surface area contributed by atoms with Gasteiger partial charge in [0.1, 0.15) is 5.75 Å². The van der Waals surface area contributed by atoms with E-state index in [0.717, 1.165) is 12.8 Å². The van der Waals surface area contributed by atoms with Crippen LogP contribution in [0.1, 0.15) is 119 Å². The molecule has 0 radical (unpaired) electrons. The maximum atomic E-state index is 12.6. The second-order valence-corrected chi connectivity index (χ2v) is 9.72. The first-order valence-corrected chi connectivity index (χ1v) is 13.1. The van der Waals surface area contributed by atoms with E-state index in [9.17, 15) is 4.79 Å². The van der Waals surface area contributed by atoms with Crippen LogP contribution in [0.3, 0.4) is 0 Å². The van der Waals surface area contributed by atoms with Crippen molar-refractivity contribution in [3.05, 3.63) is 65.2 Å². The average molecular weight is 435 g/mol. The van der Waals surface area contributed by atoms with E-state index in [2.05, 4.69) is 26.0 Å². The molecule has 2 aromatic rings. The van der Waals surface area contributed by atoms with E-state index in [0.29, 0.717) is 16.7 Å². The predicted octanol–water partition coefficient (Wildman–Crippen LogP) is 8.81. The molecule has 3 rings (SSSR count). The number of esters is 1. The van der Waals surface area contributed by atoms with Crippen LogP contribution in [0.4, 0.5) is 0 Å². The lowest BCUT2D eigenvalue weighted by Gasteiger charge is -2.38. The third-order valence-corrected chi connectivity index (χ3v) is 7.23. The van der Waals surface area contributed by atoms with Crippen LogP contribution in [0, 0.1) is 0 Å². The van der Waals surface area contributed by atoms with E-state index < -0.39 is 0 Å². The zero-order chi connectivity index (χ0) is 22.7. The lowest BCUT2D eigenvalue weighted by Crippen LogP contribution is -2.29. The van der Waals surface area contributed by atoms with Crippen LogP contribution in [0.5, 0.6) is 5.75 Å². The van der Waals surface area contributed by atoms with Gasteiger partial charge in [0, 0.05) is 0 Å². The number of hydrogen-bond donors (Lipinski definition) is 0. The van der Waals surface area contributed by atoms with Crippen LogP contribution < -0.4 is 4.74 Å². The summed E-state index contributed by atoms with van der Waals surface area (Å²) < 4.78 is 5.67. The Kier molecular flexibility index (Phi) is 9.84. The van der Waals surface area contributed by atoms with Gasteiger partial charge in [0.05, 0.1) is 5.56 Å². The van der Waals surface area contributed by atoms with Gasteiger partial charge in [-0.2, -0.15) is 0 Å². The highest BCUT2D eigenvalue weighted by Crippen LogP contribution is 2.43. The molecule has 0 unspecified atom stereocenters. The van der Waals surface area contributed by atoms with Crippen molar-refractivity contribution in [2.45, 2.75) is 109 Å². The Hall–Kier alpha value is -2.09. The second-order valence-electron chi connectivity index (χ2n) is 9.72. The van der Waals surface area contributed by atoms with Crippen LogP contribution in [-0.2, 0) is 11.8 Å². The molecule has 32 heavy (non-hydrogen) atoms. The molecule has 2 heteroatoms. The SMILES string of the molecule is CCCCCCCCC1(c2ccc(OC(=O)c3ccc(CCC)cc3)cc2)CCCCC1. The fraction of sp³-hybridized carbons (Fsp3) is 0.567. The van der Waals surface area contributed by atoms with Gasteiger partial charge in [-0.05, 0) is 66.5 Å². The van der Waals surface area contributed by atoms with Crippen LogP contribution in [0.15, 0.2) is 48.5 Å². The standard InChI is InChI=1S/C30H42O2/c1-3-5-6-7-8-10-22-30(23-11-9-12-24-30)27-18-20-28(21-19-27)32-29(31)26-16-14-25(13-4-2)15-17-26/h14-21H,3-13,22-24H2,1-2H3. The normalized spacial score (nSPS) is 15.4. The minimum absolute atomic E-state index is 0.278. The summed E-state index contributed by atoms with van der Waals surface area (Å²) in [6, 6.07) is 16.2. The van der Waals surface area contributed by atoms with Gasteiger partial charge in [0.15, 0.2) is 0 Å². The highest BCUT2D eigenvalue weighted by atomic mass is 16.5. The summed E-state index contributed by atoms with van der Waals surface area (Å²) in [5, 5.41) is 0.